The maximum Gasteiger partial charge on any atom is 0.318 e. The fourth-order valence-corrected chi connectivity index (χ4v) is 3.54. The van der Waals surface area contributed by atoms with E-state index >= 15 is 0 Å². The molecule has 0 aliphatic carbocycles. The van der Waals surface area contributed by atoms with Gasteiger partial charge in [-0.05, 0) is 45.9 Å². The second kappa shape index (κ2) is 10.9. The van der Waals surface area contributed by atoms with Gasteiger partial charge in [0.15, 0.2) is 0 Å². The largest absolute Gasteiger partial charge is 0.467 e. The van der Waals surface area contributed by atoms with Crippen LogP contribution >= 0.6 is 0 Å². The molecule has 0 fully saturated rings. The van der Waals surface area contributed by atoms with E-state index in [1.54, 1.807) is 29.4 Å². The van der Waals surface area contributed by atoms with Gasteiger partial charge in [0.25, 0.3) is 0 Å². The minimum absolute atomic E-state index is 0.144. The van der Waals surface area contributed by atoms with Crippen molar-refractivity contribution in [1.29, 1.82) is 0 Å². The molecular formula is C21H31N3O5S. The maximum absolute atomic E-state index is 12.6. The number of hydrogen-bond acceptors (Lipinski definition) is 6. The van der Waals surface area contributed by atoms with Gasteiger partial charge in [0, 0.05) is 37.0 Å². The van der Waals surface area contributed by atoms with Gasteiger partial charge in [-0.15, -0.1) is 0 Å². The van der Waals surface area contributed by atoms with E-state index < -0.39 is 10.1 Å². The van der Waals surface area contributed by atoms with E-state index in [0.717, 1.165) is 18.8 Å². The number of benzene rings is 1. The smallest absolute Gasteiger partial charge is 0.318 e. The molecule has 0 atom stereocenters. The zero-order valence-corrected chi connectivity index (χ0v) is 18.9. The van der Waals surface area contributed by atoms with Crippen molar-refractivity contribution in [2.75, 3.05) is 30.3 Å². The highest BCUT2D eigenvalue weighted by Gasteiger charge is 2.21. The molecule has 1 heterocycles. The van der Waals surface area contributed by atoms with Gasteiger partial charge in [-0.1, -0.05) is 6.07 Å². The van der Waals surface area contributed by atoms with E-state index in [9.17, 15) is 13.2 Å². The Morgan fingerprint density at radius 1 is 1.10 bits per heavy atom. The van der Waals surface area contributed by atoms with Crippen LogP contribution in [0.5, 0.6) is 5.75 Å². The summed E-state index contributed by atoms with van der Waals surface area (Å²) in [6.45, 7) is 9.87. The Morgan fingerprint density at radius 2 is 1.83 bits per heavy atom. The summed E-state index contributed by atoms with van der Waals surface area (Å²) in [5.74, 6) is 0.716. The zero-order chi connectivity index (χ0) is 22.1. The van der Waals surface area contributed by atoms with Gasteiger partial charge in [0.1, 0.15) is 11.5 Å². The lowest BCUT2D eigenvalue weighted by Crippen LogP contribution is -2.39. The molecule has 0 saturated carbocycles. The van der Waals surface area contributed by atoms with Crippen molar-refractivity contribution < 1.29 is 21.8 Å². The Bertz CT molecular complexity index is 909. The number of rotatable bonds is 11. The summed E-state index contributed by atoms with van der Waals surface area (Å²) in [5, 5.41) is 2.78. The van der Waals surface area contributed by atoms with Crippen LogP contribution in [0, 0.1) is 0 Å². The molecule has 0 saturated heterocycles. The first-order valence-corrected chi connectivity index (χ1v) is 11.8. The molecule has 0 spiro atoms. The fraction of sp³-hybridized carbons (Fsp3) is 0.476. The Kier molecular flexibility index (Phi) is 8.58. The van der Waals surface area contributed by atoms with E-state index in [-0.39, 0.29) is 30.6 Å². The fourth-order valence-electron chi connectivity index (χ4n) is 2.99. The van der Waals surface area contributed by atoms with Crippen LogP contribution < -0.4 is 14.4 Å². The van der Waals surface area contributed by atoms with Gasteiger partial charge in [0.05, 0.1) is 25.1 Å². The van der Waals surface area contributed by atoms with Crippen molar-refractivity contribution in [2.45, 2.75) is 40.8 Å². The van der Waals surface area contributed by atoms with Gasteiger partial charge >= 0.3 is 16.1 Å². The van der Waals surface area contributed by atoms with Crippen LogP contribution in [-0.2, 0) is 23.2 Å². The van der Waals surface area contributed by atoms with E-state index in [2.05, 4.69) is 10.2 Å². The molecule has 0 aliphatic heterocycles. The number of hydrogen-bond donors (Lipinski definition) is 1. The number of furan rings is 1. The van der Waals surface area contributed by atoms with Gasteiger partial charge in [-0.3, -0.25) is 0 Å². The van der Waals surface area contributed by atoms with E-state index in [0.29, 0.717) is 17.9 Å². The summed E-state index contributed by atoms with van der Waals surface area (Å²) in [4.78, 5) is 16.3. The predicted octanol–water partition coefficient (Wildman–Crippen LogP) is 3.59. The Labute approximate surface area is 178 Å². The third kappa shape index (κ3) is 6.41. The monoisotopic (exact) mass is 437 g/mol. The highest BCUT2D eigenvalue weighted by atomic mass is 32.2. The number of nitrogens with one attached hydrogen (secondary N) is 1. The van der Waals surface area contributed by atoms with Crippen molar-refractivity contribution in [3.63, 3.8) is 0 Å². The standard InChI is InChI=1S/C21H31N3O5S/c1-5-22-21(25)24(16-19-10-9-13-28-19)15-17-11-12-18(23(6-2)7-3)14-20(17)29-30(26,27)8-4/h9-14H,5-8,15-16H2,1-4H3,(H,22,25). The van der Waals surface area contributed by atoms with Gasteiger partial charge < -0.3 is 23.7 Å². The van der Waals surface area contributed by atoms with Crippen molar-refractivity contribution in [3.8, 4) is 5.75 Å². The summed E-state index contributed by atoms with van der Waals surface area (Å²) in [6.07, 6.45) is 1.55. The van der Waals surface area contributed by atoms with Crippen molar-refractivity contribution in [2.24, 2.45) is 0 Å². The van der Waals surface area contributed by atoms with Crippen molar-refractivity contribution in [3.05, 3.63) is 47.9 Å². The van der Waals surface area contributed by atoms with Crippen LogP contribution in [0.4, 0.5) is 10.5 Å². The SMILES string of the molecule is CCNC(=O)N(Cc1ccco1)Cc1ccc(N(CC)CC)cc1OS(=O)(=O)CC. The minimum Gasteiger partial charge on any atom is -0.467 e. The molecule has 0 unspecified atom stereocenters. The molecule has 1 N–H and O–H groups in total. The molecule has 30 heavy (non-hydrogen) atoms. The van der Waals surface area contributed by atoms with Crippen molar-refractivity contribution in [1.82, 2.24) is 10.2 Å². The summed E-state index contributed by atoms with van der Waals surface area (Å²) in [6, 6.07) is 8.71. The third-order valence-corrected chi connectivity index (χ3v) is 5.79. The molecule has 2 rings (SSSR count). The van der Waals surface area contributed by atoms with Gasteiger partial charge in [0.2, 0.25) is 0 Å². The van der Waals surface area contributed by atoms with Gasteiger partial charge in [-0.2, -0.15) is 8.42 Å². The first-order chi connectivity index (χ1) is 14.3. The molecule has 0 bridgehead atoms. The molecule has 2 aromatic rings. The molecule has 0 aliphatic rings. The van der Waals surface area contributed by atoms with Crippen molar-refractivity contribution >= 4 is 21.8 Å². The van der Waals surface area contributed by atoms with E-state index in [1.165, 1.54) is 6.92 Å². The lowest BCUT2D eigenvalue weighted by atomic mass is 10.1. The second-order valence-corrected chi connectivity index (χ2v) is 8.52. The summed E-state index contributed by atoms with van der Waals surface area (Å²) >= 11 is 0. The lowest BCUT2D eigenvalue weighted by Gasteiger charge is -2.25. The topological polar surface area (TPSA) is 92.1 Å². The number of carbonyl (C=O) groups excluding carboxylic acids is 1. The van der Waals surface area contributed by atoms with E-state index in [1.807, 2.05) is 32.9 Å². The lowest BCUT2D eigenvalue weighted by molar-refractivity contribution is 0.187. The average molecular weight is 438 g/mol. The molecule has 2 amide bonds. The number of carbonyl (C=O) groups is 1. The predicted molar refractivity (Wildman–Crippen MR) is 117 cm³/mol. The van der Waals surface area contributed by atoms with Crippen LogP contribution in [0.15, 0.2) is 41.0 Å². The van der Waals surface area contributed by atoms with Crippen LogP contribution in [-0.4, -0.2) is 44.7 Å². The van der Waals surface area contributed by atoms with Crippen LogP contribution in [0.1, 0.15) is 39.0 Å². The highest BCUT2D eigenvalue weighted by molar-refractivity contribution is 7.87. The maximum atomic E-state index is 12.6. The molecule has 9 heteroatoms. The Balaban J connectivity index is 2.40. The zero-order valence-electron chi connectivity index (χ0n) is 18.1. The second-order valence-electron chi connectivity index (χ2n) is 6.66. The molecule has 0 radical (unpaired) electrons. The molecule has 1 aromatic heterocycles. The van der Waals surface area contributed by atoms with Crippen LogP contribution in [0.2, 0.25) is 0 Å². The minimum atomic E-state index is -3.72. The Morgan fingerprint density at radius 3 is 2.40 bits per heavy atom. The third-order valence-electron chi connectivity index (χ3n) is 4.65. The molecule has 166 valence electrons. The quantitative estimate of drug-likeness (QED) is 0.540. The van der Waals surface area contributed by atoms with Crippen LogP contribution in [0.3, 0.4) is 0 Å². The van der Waals surface area contributed by atoms with Gasteiger partial charge in [-0.25, -0.2) is 4.79 Å². The first kappa shape index (κ1) is 23.6. The summed E-state index contributed by atoms with van der Waals surface area (Å²) < 4.78 is 35.1. The van der Waals surface area contributed by atoms with E-state index in [4.69, 9.17) is 8.60 Å². The normalized spacial score (nSPS) is 11.2. The number of amides is 2. The van der Waals surface area contributed by atoms with Crippen LogP contribution in [0.25, 0.3) is 0 Å². The molecule has 1 aromatic carbocycles. The first-order valence-electron chi connectivity index (χ1n) is 10.2. The molecular weight excluding hydrogens is 406 g/mol. The Hall–Kier alpha value is -2.68. The highest BCUT2D eigenvalue weighted by Crippen LogP contribution is 2.29. The summed E-state index contributed by atoms with van der Waals surface area (Å²) in [7, 11) is -3.72. The number of nitrogens with zero attached hydrogens (tertiary/aromatic N) is 2. The number of anilines is 1. The molecule has 8 nitrogen and oxygen atoms in total. The summed E-state index contributed by atoms with van der Waals surface area (Å²) in [5.41, 5.74) is 1.46. The number of urea groups is 1. The average Bonchev–Trinajstić information content (AvgIpc) is 3.23.